The molecule has 6 atom stereocenters. The van der Waals surface area contributed by atoms with Gasteiger partial charge in [0.15, 0.2) is 0 Å². The van der Waals surface area contributed by atoms with Crippen molar-refractivity contribution in [2.24, 2.45) is 35.5 Å². The van der Waals surface area contributed by atoms with Crippen molar-refractivity contribution in [3.05, 3.63) is 164 Å². The highest BCUT2D eigenvalue weighted by Gasteiger charge is 2.29. The molecule has 0 heterocycles. The monoisotopic (exact) mass is 973 g/mol. The number of hydrogen-bond donors (Lipinski definition) is 0. The molecule has 0 spiro atoms. The zero-order chi connectivity index (χ0) is 52.1. The lowest BCUT2D eigenvalue weighted by Crippen LogP contribution is -2.22. The molecule has 0 saturated carbocycles. The van der Waals surface area contributed by atoms with Crippen LogP contribution in [0, 0.1) is 49.4 Å². The van der Waals surface area contributed by atoms with Crippen molar-refractivity contribution in [1.29, 1.82) is 0 Å². The van der Waals surface area contributed by atoms with Gasteiger partial charge in [-0.1, -0.05) is 161 Å². The minimum atomic E-state index is 0.726. The van der Waals surface area contributed by atoms with Crippen molar-refractivity contribution in [2.45, 2.75) is 209 Å². The highest BCUT2D eigenvalue weighted by molar-refractivity contribution is 5.45. The van der Waals surface area contributed by atoms with Gasteiger partial charge in [0.05, 0.1) is 14.2 Å². The van der Waals surface area contributed by atoms with Crippen molar-refractivity contribution in [3.8, 4) is 11.5 Å². The van der Waals surface area contributed by atoms with E-state index in [2.05, 4.69) is 187 Å². The third-order valence-corrected chi connectivity index (χ3v) is 17.7. The van der Waals surface area contributed by atoms with E-state index in [1.54, 1.807) is 53.2 Å². The molecule has 0 aliphatic heterocycles. The molecule has 0 aromatic heterocycles. The highest BCUT2D eigenvalue weighted by Crippen LogP contribution is 2.43. The summed E-state index contributed by atoms with van der Waals surface area (Å²) in [5.41, 5.74) is 18.7. The number of hydrogen-bond acceptors (Lipinski definition) is 2. The molecule has 2 heteroatoms. The summed E-state index contributed by atoms with van der Waals surface area (Å²) >= 11 is 0. The molecule has 0 radical (unpaired) electrons. The van der Waals surface area contributed by atoms with Crippen LogP contribution in [0.5, 0.6) is 11.5 Å². The van der Waals surface area contributed by atoms with Gasteiger partial charge in [-0.2, -0.15) is 0 Å². The minimum absolute atomic E-state index is 0.726. The normalized spacial score (nSPS) is 21.7. The summed E-state index contributed by atoms with van der Waals surface area (Å²) in [5.74, 6) is 10.6. The van der Waals surface area contributed by atoms with E-state index in [4.69, 9.17) is 9.47 Å². The summed E-state index contributed by atoms with van der Waals surface area (Å²) in [5, 5.41) is 0. The summed E-state index contributed by atoms with van der Waals surface area (Å²) < 4.78 is 10.7. The Morgan fingerprint density at radius 1 is 0.403 bits per heavy atom. The standard InChI is InChI=1S/C15H22.2C14H20O.C14H20.C13H18/c1-10(2)13-6-5-7-14-12(4)8-11(3)9-15(13)14;1-10(2)11-6-4-8-13-12(11)7-5-9-14(13)15-3;1-10(2)13-6-4-5-11-9-12(15-3)7-8-14(11)13;1-10(2)14-11(3)8-9-12-6-4-5-7-13(12)14;1-10(2)12-9-5-7-11-6-3-4-8-13(11)12/h8-10,13H,5-7H2,1-4H3;5,7,9-11H,4,6,8H2,1-3H3;7-10,13H,4-6H2,1-3H3;4-7,10-11,14H,8-9H2,1-3H3;3-4,6,8,10,12H,5,7,9H2,1-2H3. The first kappa shape index (κ1) is 57.0. The van der Waals surface area contributed by atoms with E-state index in [1.165, 1.54) is 118 Å². The van der Waals surface area contributed by atoms with Crippen molar-refractivity contribution >= 4 is 0 Å². The number of fused-ring (bicyclic) bond motifs is 5. The second-order valence-corrected chi connectivity index (χ2v) is 24.4. The van der Waals surface area contributed by atoms with E-state index in [0.29, 0.717) is 0 Å². The fourth-order valence-corrected chi connectivity index (χ4v) is 13.9. The molecule has 72 heavy (non-hydrogen) atoms. The number of benzene rings is 5. The summed E-state index contributed by atoms with van der Waals surface area (Å²) in [6.07, 6.45) is 18.4. The Bertz CT molecular complexity index is 2430. The smallest absolute Gasteiger partial charge is 0.122 e. The zero-order valence-electron chi connectivity index (χ0n) is 48.3. The van der Waals surface area contributed by atoms with Crippen LogP contribution in [-0.2, 0) is 32.1 Å². The SMILES string of the molecule is CC(C)C1CCCc2ccccc21.CC(C)C1c2ccccc2CCC1C.COc1ccc2c(c1)CCCC2C(C)C.COc1cccc2c1CCCC2C(C)C.Cc1cc(C)c2c(c1)C(C(C)C)CCC2. The fourth-order valence-electron chi connectivity index (χ4n) is 13.9. The lowest BCUT2D eigenvalue weighted by atomic mass is 9.71. The van der Waals surface area contributed by atoms with Gasteiger partial charge in [-0.15, -0.1) is 0 Å². The van der Waals surface area contributed by atoms with Crippen molar-refractivity contribution < 1.29 is 9.47 Å². The van der Waals surface area contributed by atoms with Gasteiger partial charge in [-0.05, 0) is 248 Å². The van der Waals surface area contributed by atoms with Crippen LogP contribution >= 0.6 is 0 Å². The first-order valence-electron chi connectivity index (χ1n) is 29.1. The number of rotatable bonds is 7. The van der Waals surface area contributed by atoms with Crippen LogP contribution in [0.1, 0.15) is 230 Å². The third-order valence-electron chi connectivity index (χ3n) is 17.7. The number of aryl methyl sites for hydroxylation is 5. The Balaban J connectivity index is 0.000000147. The van der Waals surface area contributed by atoms with Crippen LogP contribution in [0.2, 0.25) is 0 Å². The van der Waals surface area contributed by atoms with E-state index in [1.807, 2.05) is 0 Å². The zero-order valence-corrected chi connectivity index (χ0v) is 48.3. The van der Waals surface area contributed by atoms with E-state index < -0.39 is 0 Å². The molecule has 5 aliphatic carbocycles. The van der Waals surface area contributed by atoms with E-state index in [9.17, 15) is 0 Å². The number of methoxy groups -OCH3 is 2. The van der Waals surface area contributed by atoms with Crippen LogP contribution in [0.15, 0.2) is 97.1 Å². The maximum Gasteiger partial charge on any atom is 0.122 e. The van der Waals surface area contributed by atoms with Gasteiger partial charge < -0.3 is 9.47 Å². The first-order valence-corrected chi connectivity index (χ1v) is 29.1. The molecule has 5 aromatic rings. The fraction of sp³-hybridized carbons (Fsp3) is 0.571. The van der Waals surface area contributed by atoms with Gasteiger partial charge in [-0.25, -0.2) is 0 Å². The first-order chi connectivity index (χ1) is 34.5. The molecule has 5 aliphatic rings. The third kappa shape index (κ3) is 14.5. The van der Waals surface area contributed by atoms with Crippen LogP contribution < -0.4 is 9.47 Å². The molecule has 0 fully saturated rings. The Kier molecular flexibility index (Phi) is 21.6. The Morgan fingerprint density at radius 3 is 1.46 bits per heavy atom. The molecular formula is C70H100O2. The van der Waals surface area contributed by atoms with Gasteiger partial charge >= 0.3 is 0 Å². The molecule has 2 nitrogen and oxygen atoms in total. The van der Waals surface area contributed by atoms with Gasteiger partial charge in [0.2, 0.25) is 0 Å². The maximum atomic E-state index is 5.44. The predicted molar refractivity (Wildman–Crippen MR) is 312 cm³/mol. The summed E-state index contributed by atoms with van der Waals surface area (Å²) in [4.78, 5) is 0. The minimum Gasteiger partial charge on any atom is -0.497 e. The average molecular weight is 974 g/mol. The second-order valence-electron chi connectivity index (χ2n) is 24.4. The van der Waals surface area contributed by atoms with Gasteiger partial charge in [0.25, 0.3) is 0 Å². The molecule has 5 aromatic carbocycles. The molecule has 0 amide bonds. The van der Waals surface area contributed by atoms with Crippen LogP contribution in [0.25, 0.3) is 0 Å². The molecular weight excluding hydrogens is 873 g/mol. The van der Waals surface area contributed by atoms with Crippen LogP contribution in [0.4, 0.5) is 0 Å². The summed E-state index contributed by atoms with van der Waals surface area (Å²) in [6, 6.07) is 35.8. The lowest BCUT2D eigenvalue weighted by molar-refractivity contribution is 0.327. The summed E-state index contributed by atoms with van der Waals surface area (Å²) in [7, 11) is 3.51. The van der Waals surface area contributed by atoms with Crippen LogP contribution in [0.3, 0.4) is 0 Å². The molecule has 392 valence electrons. The lowest BCUT2D eigenvalue weighted by Gasteiger charge is -2.34. The number of ether oxygens (including phenoxy) is 2. The van der Waals surface area contributed by atoms with Crippen molar-refractivity contribution in [2.75, 3.05) is 14.2 Å². The van der Waals surface area contributed by atoms with Gasteiger partial charge in [0, 0.05) is 0 Å². The Labute approximate surface area is 441 Å². The van der Waals surface area contributed by atoms with E-state index >= 15 is 0 Å². The van der Waals surface area contributed by atoms with Crippen molar-refractivity contribution in [3.63, 3.8) is 0 Å². The van der Waals surface area contributed by atoms with E-state index in [0.717, 1.165) is 76.6 Å². The molecule has 0 saturated heterocycles. The maximum absolute atomic E-state index is 5.44. The van der Waals surface area contributed by atoms with Gasteiger partial charge in [0.1, 0.15) is 11.5 Å². The van der Waals surface area contributed by atoms with Crippen molar-refractivity contribution in [1.82, 2.24) is 0 Å². The molecule has 0 bridgehead atoms. The highest BCUT2D eigenvalue weighted by atomic mass is 16.5. The molecule has 6 unspecified atom stereocenters. The quantitative estimate of drug-likeness (QED) is 0.162. The Hall–Kier alpha value is -4.30. The van der Waals surface area contributed by atoms with Gasteiger partial charge in [-0.3, -0.25) is 0 Å². The second kappa shape index (κ2) is 27.3. The molecule has 0 N–H and O–H groups in total. The molecule has 10 rings (SSSR count). The Morgan fingerprint density at radius 2 is 0.889 bits per heavy atom. The largest absolute Gasteiger partial charge is 0.497 e. The van der Waals surface area contributed by atoms with Crippen LogP contribution in [-0.4, -0.2) is 14.2 Å². The average Bonchev–Trinajstić information content (AvgIpc) is 3.38. The summed E-state index contributed by atoms with van der Waals surface area (Å²) in [6.45, 7) is 30.3. The topological polar surface area (TPSA) is 18.5 Å². The predicted octanol–water partition coefficient (Wildman–Crippen LogP) is 19.7. The van der Waals surface area contributed by atoms with E-state index in [-0.39, 0.29) is 0 Å².